The number of aromatic nitrogens is 1. The van der Waals surface area contributed by atoms with Crippen LogP contribution in [0.2, 0.25) is 0 Å². The smallest absolute Gasteiger partial charge is 0.337 e. The van der Waals surface area contributed by atoms with Gasteiger partial charge in [0.1, 0.15) is 0 Å². The Hall–Kier alpha value is -2.68. The van der Waals surface area contributed by atoms with Gasteiger partial charge in [0.25, 0.3) is 0 Å². The molecule has 1 heterocycles. The second-order valence-electron chi connectivity index (χ2n) is 6.50. The molecule has 1 saturated carbocycles. The van der Waals surface area contributed by atoms with E-state index < -0.39 is 5.97 Å². The lowest BCUT2D eigenvalue weighted by atomic mass is 9.94. The highest BCUT2D eigenvalue weighted by atomic mass is 16.4. The van der Waals surface area contributed by atoms with E-state index in [1.807, 2.05) is 12.1 Å². The molecule has 3 heteroatoms. The van der Waals surface area contributed by atoms with Crippen molar-refractivity contribution in [2.45, 2.75) is 31.6 Å². The summed E-state index contributed by atoms with van der Waals surface area (Å²) < 4.78 is 0. The number of hydrogen-bond acceptors (Lipinski definition) is 2. The van der Waals surface area contributed by atoms with Gasteiger partial charge in [-0.1, -0.05) is 42.5 Å². The van der Waals surface area contributed by atoms with Gasteiger partial charge < -0.3 is 5.11 Å². The first kappa shape index (κ1) is 14.9. The molecule has 1 aliphatic rings. The molecule has 1 aromatic heterocycles. The van der Waals surface area contributed by atoms with Crippen LogP contribution in [0.3, 0.4) is 0 Å². The van der Waals surface area contributed by atoms with E-state index in [0.717, 1.165) is 23.7 Å². The normalized spacial score (nSPS) is 14.0. The molecule has 4 rings (SSSR count). The van der Waals surface area contributed by atoms with Crippen LogP contribution in [0.5, 0.6) is 0 Å². The maximum Gasteiger partial charge on any atom is 0.337 e. The monoisotopic (exact) mass is 317 g/mol. The van der Waals surface area contributed by atoms with Crippen LogP contribution < -0.4 is 0 Å². The van der Waals surface area contributed by atoms with Crippen molar-refractivity contribution in [3.05, 3.63) is 77.0 Å². The second kappa shape index (κ2) is 6.08. The van der Waals surface area contributed by atoms with Crippen LogP contribution in [-0.4, -0.2) is 16.1 Å². The molecule has 0 aliphatic heterocycles. The van der Waals surface area contributed by atoms with Crippen molar-refractivity contribution in [3.8, 4) is 0 Å². The van der Waals surface area contributed by atoms with Gasteiger partial charge in [0.15, 0.2) is 0 Å². The minimum atomic E-state index is -0.925. The first-order valence-corrected chi connectivity index (χ1v) is 8.41. The number of nitrogens with zero attached hydrogens (tertiary/aromatic N) is 1. The molecule has 0 spiro atoms. The third-order valence-corrected chi connectivity index (χ3v) is 4.74. The summed E-state index contributed by atoms with van der Waals surface area (Å²) in [4.78, 5) is 15.7. The van der Waals surface area contributed by atoms with Crippen LogP contribution in [0.4, 0.5) is 0 Å². The molecule has 24 heavy (non-hydrogen) atoms. The number of benzene rings is 2. The third kappa shape index (κ3) is 2.90. The van der Waals surface area contributed by atoms with Crippen molar-refractivity contribution in [1.29, 1.82) is 0 Å². The number of fused-ring (bicyclic) bond motifs is 1. The molecular weight excluding hydrogens is 298 g/mol. The predicted molar refractivity (Wildman–Crippen MR) is 94.5 cm³/mol. The molecule has 0 bridgehead atoms. The van der Waals surface area contributed by atoms with Gasteiger partial charge in [0, 0.05) is 11.6 Å². The molecule has 2 aromatic carbocycles. The number of carboxylic acid groups (broad SMARTS) is 1. The summed E-state index contributed by atoms with van der Waals surface area (Å²) in [6.45, 7) is 0. The van der Waals surface area contributed by atoms with Gasteiger partial charge in [-0.05, 0) is 54.4 Å². The van der Waals surface area contributed by atoms with E-state index in [2.05, 4.69) is 35.3 Å². The number of pyridine rings is 1. The third-order valence-electron chi connectivity index (χ3n) is 4.74. The molecule has 0 saturated heterocycles. The fraction of sp³-hybridized carbons (Fsp3) is 0.238. The number of hydrogen-bond donors (Lipinski definition) is 1. The maximum atomic E-state index is 11.2. The van der Waals surface area contributed by atoms with Gasteiger partial charge in [-0.25, -0.2) is 4.79 Å². The van der Waals surface area contributed by atoms with Crippen LogP contribution in [0.15, 0.2) is 54.7 Å². The Morgan fingerprint density at radius 3 is 2.58 bits per heavy atom. The topological polar surface area (TPSA) is 50.2 Å². The average molecular weight is 317 g/mol. The Morgan fingerprint density at radius 2 is 1.88 bits per heavy atom. The van der Waals surface area contributed by atoms with Crippen molar-refractivity contribution in [2.24, 2.45) is 0 Å². The molecule has 1 aliphatic carbocycles. The summed E-state index contributed by atoms with van der Waals surface area (Å²) in [5.74, 6) is -0.340. The minimum Gasteiger partial charge on any atom is -0.478 e. The second-order valence-corrected chi connectivity index (χ2v) is 6.50. The summed E-state index contributed by atoms with van der Waals surface area (Å²) in [5.41, 5.74) is 5.26. The van der Waals surface area contributed by atoms with Crippen molar-refractivity contribution in [1.82, 2.24) is 4.98 Å². The minimum absolute atomic E-state index is 0.251. The summed E-state index contributed by atoms with van der Waals surface area (Å²) in [6, 6.07) is 16.4. The highest BCUT2D eigenvalue weighted by Gasteiger charge is 2.28. The van der Waals surface area contributed by atoms with E-state index in [9.17, 15) is 4.79 Å². The van der Waals surface area contributed by atoms with Crippen molar-refractivity contribution in [2.75, 3.05) is 0 Å². The Labute approximate surface area is 141 Å². The number of carboxylic acids is 1. The van der Waals surface area contributed by atoms with E-state index in [1.165, 1.54) is 35.7 Å². The zero-order valence-corrected chi connectivity index (χ0v) is 13.4. The van der Waals surface area contributed by atoms with E-state index in [4.69, 9.17) is 5.11 Å². The predicted octanol–water partition coefficient (Wildman–Crippen LogP) is 4.60. The summed E-state index contributed by atoms with van der Waals surface area (Å²) in [5, 5.41) is 10.1. The fourth-order valence-corrected chi connectivity index (χ4v) is 3.35. The SMILES string of the molecule is O=C(O)c1cnc2c(C3CC3)c(CCc3ccccc3)ccc2c1. The van der Waals surface area contributed by atoms with Gasteiger partial charge in [-0.3, -0.25) is 4.98 Å². The van der Waals surface area contributed by atoms with E-state index in [-0.39, 0.29) is 5.56 Å². The number of aryl methyl sites for hydroxylation is 2. The Morgan fingerprint density at radius 1 is 1.08 bits per heavy atom. The highest BCUT2D eigenvalue weighted by molar-refractivity contribution is 5.93. The van der Waals surface area contributed by atoms with Crippen LogP contribution in [0.25, 0.3) is 10.9 Å². The van der Waals surface area contributed by atoms with Gasteiger partial charge in [-0.15, -0.1) is 0 Å². The van der Waals surface area contributed by atoms with Crippen molar-refractivity contribution < 1.29 is 9.90 Å². The molecule has 3 nitrogen and oxygen atoms in total. The number of carbonyl (C=O) groups is 1. The summed E-state index contributed by atoms with van der Waals surface area (Å²) in [7, 11) is 0. The molecule has 120 valence electrons. The highest BCUT2D eigenvalue weighted by Crippen LogP contribution is 2.44. The van der Waals surface area contributed by atoms with Crippen molar-refractivity contribution >= 4 is 16.9 Å². The quantitative estimate of drug-likeness (QED) is 0.748. The van der Waals surface area contributed by atoms with Gasteiger partial charge in [0.05, 0.1) is 11.1 Å². The lowest BCUT2D eigenvalue weighted by Gasteiger charge is -2.12. The fourth-order valence-electron chi connectivity index (χ4n) is 3.35. The number of rotatable bonds is 5. The van der Waals surface area contributed by atoms with Crippen molar-refractivity contribution in [3.63, 3.8) is 0 Å². The largest absolute Gasteiger partial charge is 0.478 e. The van der Waals surface area contributed by atoms with Gasteiger partial charge >= 0.3 is 5.97 Å². The molecule has 1 fully saturated rings. The van der Waals surface area contributed by atoms with E-state index >= 15 is 0 Å². The molecule has 3 aromatic rings. The van der Waals surface area contributed by atoms with Crippen LogP contribution in [0, 0.1) is 0 Å². The standard InChI is InChI=1S/C21H19NO2/c23-21(24)18-12-17-11-10-15(7-6-14-4-2-1-3-5-14)19(16-8-9-16)20(17)22-13-18/h1-5,10-13,16H,6-9H2,(H,23,24). The maximum absolute atomic E-state index is 11.2. The van der Waals surface area contributed by atoms with Crippen LogP contribution >= 0.6 is 0 Å². The average Bonchev–Trinajstić information content (AvgIpc) is 3.44. The Balaban J connectivity index is 1.71. The first-order valence-electron chi connectivity index (χ1n) is 8.41. The van der Waals surface area contributed by atoms with Gasteiger partial charge in [0.2, 0.25) is 0 Å². The summed E-state index contributed by atoms with van der Waals surface area (Å²) >= 11 is 0. The Bertz CT molecular complexity index is 898. The van der Waals surface area contributed by atoms with Crippen LogP contribution in [-0.2, 0) is 12.8 Å². The molecule has 1 N–H and O–H groups in total. The Kier molecular flexibility index (Phi) is 3.77. The van der Waals surface area contributed by atoms with Gasteiger partial charge in [-0.2, -0.15) is 0 Å². The number of aromatic carboxylic acids is 1. The molecule has 0 amide bonds. The zero-order valence-electron chi connectivity index (χ0n) is 13.4. The molecule has 0 unspecified atom stereocenters. The van der Waals surface area contributed by atoms with E-state index in [1.54, 1.807) is 6.07 Å². The lowest BCUT2D eigenvalue weighted by Crippen LogP contribution is -2.01. The van der Waals surface area contributed by atoms with Crippen LogP contribution in [0.1, 0.15) is 45.8 Å². The van der Waals surface area contributed by atoms with E-state index in [0.29, 0.717) is 5.92 Å². The lowest BCUT2D eigenvalue weighted by molar-refractivity contribution is 0.0696. The molecule has 0 atom stereocenters. The zero-order chi connectivity index (χ0) is 16.5. The summed E-state index contributed by atoms with van der Waals surface area (Å²) in [6.07, 6.45) is 5.91. The first-order chi connectivity index (χ1) is 11.7. The molecule has 0 radical (unpaired) electrons. The molecular formula is C21H19NO2.